The van der Waals surface area contributed by atoms with Crippen LogP contribution in [0.25, 0.3) is 6.08 Å². The first kappa shape index (κ1) is 23.5. The van der Waals surface area contributed by atoms with E-state index in [2.05, 4.69) is 20.9 Å². The van der Waals surface area contributed by atoms with E-state index in [9.17, 15) is 9.59 Å². The second-order valence-electron chi connectivity index (χ2n) is 7.05. The molecule has 0 unspecified atom stereocenters. The summed E-state index contributed by atoms with van der Waals surface area (Å²) in [5, 5.41) is 0. The van der Waals surface area contributed by atoms with Crippen LogP contribution in [0.1, 0.15) is 30.3 Å². The number of rotatable bonds is 6. The molecule has 3 heterocycles. The number of halogens is 1. The summed E-state index contributed by atoms with van der Waals surface area (Å²) in [4.78, 5) is 32.7. The molecule has 33 heavy (non-hydrogen) atoms. The second-order valence-corrected chi connectivity index (χ2v) is 10.6. The fourth-order valence-corrected chi connectivity index (χ4v) is 6.15. The molecule has 1 atom stereocenters. The topological polar surface area (TPSA) is 79.1 Å². The molecule has 0 saturated carbocycles. The van der Waals surface area contributed by atoms with Crippen molar-refractivity contribution in [2.24, 2.45) is 4.99 Å². The smallest absolute Gasteiger partial charge is 0.338 e. The van der Waals surface area contributed by atoms with Crippen molar-refractivity contribution in [1.82, 2.24) is 4.57 Å². The molecule has 3 aromatic rings. The minimum Gasteiger partial charge on any atom is -0.497 e. The average molecular weight is 549 g/mol. The SMILES string of the molecule is CCOC(=O)C1=C(C)N=c2s/c(=C/c3ccc(Br)s3)c(=O)n2[C@@H]1c1cc(OC)ccc1OC. The summed E-state index contributed by atoms with van der Waals surface area (Å²) in [7, 11) is 3.10. The van der Waals surface area contributed by atoms with Crippen molar-refractivity contribution >= 4 is 50.6 Å². The van der Waals surface area contributed by atoms with E-state index in [0.717, 1.165) is 8.66 Å². The molecule has 0 aliphatic carbocycles. The molecular weight excluding hydrogens is 528 g/mol. The molecule has 4 rings (SSSR count). The van der Waals surface area contributed by atoms with E-state index in [1.807, 2.05) is 18.2 Å². The van der Waals surface area contributed by atoms with Crippen LogP contribution >= 0.6 is 38.6 Å². The minimum absolute atomic E-state index is 0.204. The highest BCUT2D eigenvalue weighted by Gasteiger charge is 2.35. The van der Waals surface area contributed by atoms with Gasteiger partial charge in [0.25, 0.3) is 5.56 Å². The van der Waals surface area contributed by atoms with Gasteiger partial charge in [-0.3, -0.25) is 9.36 Å². The Morgan fingerprint density at radius 1 is 1.21 bits per heavy atom. The van der Waals surface area contributed by atoms with Gasteiger partial charge in [-0.15, -0.1) is 11.3 Å². The van der Waals surface area contributed by atoms with Gasteiger partial charge in [0.15, 0.2) is 4.80 Å². The molecule has 0 saturated heterocycles. The van der Waals surface area contributed by atoms with Gasteiger partial charge >= 0.3 is 5.97 Å². The van der Waals surface area contributed by atoms with Crippen LogP contribution < -0.4 is 24.4 Å². The first-order chi connectivity index (χ1) is 15.9. The van der Waals surface area contributed by atoms with Gasteiger partial charge < -0.3 is 14.2 Å². The van der Waals surface area contributed by atoms with Gasteiger partial charge in [-0.2, -0.15) is 0 Å². The molecule has 1 aromatic carbocycles. The molecule has 1 aliphatic rings. The zero-order valence-electron chi connectivity index (χ0n) is 18.4. The monoisotopic (exact) mass is 548 g/mol. The third-order valence-electron chi connectivity index (χ3n) is 5.12. The summed E-state index contributed by atoms with van der Waals surface area (Å²) >= 11 is 6.26. The van der Waals surface area contributed by atoms with Gasteiger partial charge in [-0.1, -0.05) is 11.3 Å². The number of ether oxygens (including phenoxy) is 3. The molecule has 1 aliphatic heterocycles. The van der Waals surface area contributed by atoms with E-state index < -0.39 is 12.0 Å². The molecule has 2 aromatic heterocycles. The fourth-order valence-electron chi connectivity index (χ4n) is 3.67. The Balaban J connectivity index is 2.02. The van der Waals surface area contributed by atoms with Gasteiger partial charge in [-0.05, 0) is 66.2 Å². The van der Waals surface area contributed by atoms with Crippen LogP contribution in [0.15, 0.2) is 55.2 Å². The van der Waals surface area contributed by atoms with Crippen LogP contribution in [0, 0.1) is 0 Å². The summed E-state index contributed by atoms with van der Waals surface area (Å²) in [5.74, 6) is 0.577. The predicted molar refractivity (Wildman–Crippen MR) is 132 cm³/mol. The zero-order chi connectivity index (χ0) is 23.7. The number of benzene rings is 1. The number of fused-ring (bicyclic) bond motifs is 1. The maximum Gasteiger partial charge on any atom is 0.338 e. The number of carbonyl (C=O) groups excluding carboxylic acids is 1. The number of allylic oxidation sites excluding steroid dienone is 1. The molecule has 0 spiro atoms. The van der Waals surface area contributed by atoms with Crippen molar-refractivity contribution < 1.29 is 19.0 Å². The number of nitrogens with zero attached hydrogens (tertiary/aromatic N) is 2. The zero-order valence-corrected chi connectivity index (χ0v) is 21.6. The number of carbonyl (C=O) groups is 1. The lowest BCUT2D eigenvalue weighted by Gasteiger charge is -2.26. The van der Waals surface area contributed by atoms with Crippen LogP contribution in [0.2, 0.25) is 0 Å². The summed E-state index contributed by atoms with van der Waals surface area (Å²) in [6.07, 6.45) is 1.84. The lowest BCUT2D eigenvalue weighted by Crippen LogP contribution is -2.40. The highest BCUT2D eigenvalue weighted by molar-refractivity contribution is 9.11. The molecule has 7 nitrogen and oxygen atoms in total. The molecule has 172 valence electrons. The number of thiophene rings is 1. The number of hydrogen-bond acceptors (Lipinski definition) is 8. The third-order valence-corrected chi connectivity index (χ3v) is 7.67. The lowest BCUT2D eigenvalue weighted by atomic mass is 9.95. The Hall–Kier alpha value is -2.69. The highest BCUT2D eigenvalue weighted by Crippen LogP contribution is 2.37. The van der Waals surface area contributed by atoms with Crippen LogP contribution in [-0.2, 0) is 9.53 Å². The molecule has 0 bridgehead atoms. The van der Waals surface area contributed by atoms with Crippen molar-refractivity contribution in [3.05, 3.63) is 75.5 Å². The van der Waals surface area contributed by atoms with Crippen LogP contribution in [-0.4, -0.2) is 31.4 Å². The van der Waals surface area contributed by atoms with E-state index in [0.29, 0.717) is 37.7 Å². The number of esters is 1. The highest BCUT2D eigenvalue weighted by atomic mass is 79.9. The number of methoxy groups -OCH3 is 2. The van der Waals surface area contributed by atoms with Crippen molar-refractivity contribution in [2.75, 3.05) is 20.8 Å². The standard InChI is InChI=1S/C23H21BrN2O5S2/c1-5-31-22(28)19-12(2)25-23-26(20(19)15-10-13(29-3)6-8-16(15)30-4)21(27)17(33-23)11-14-7-9-18(24)32-14/h6-11,20H,5H2,1-4H3/b17-11+/t20-/m1/s1. The van der Waals surface area contributed by atoms with Crippen molar-refractivity contribution in [2.45, 2.75) is 19.9 Å². The second kappa shape index (κ2) is 9.66. The number of thiazole rings is 1. The first-order valence-corrected chi connectivity index (χ1v) is 12.5. The molecule has 0 amide bonds. The van der Waals surface area contributed by atoms with Gasteiger partial charge in [0.2, 0.25) is 0 Å². The third kappa shape index (κ3) is 4.42. The average Bonchev–Trinajstić information content (AvgIpc) is 3.34. The van der Waals surface area contributed by atoms with E-state index >= 15 is 0 Å². The van der Waals surface area contributed by atoms with Crippen LogP contribution in [0.3, 0.4) is 0 Å². The molecular formula is C23H21BrN2O5S2. The fraction of sp³-hybridized carbons (Fsp3) is 0.261. The maximum atomic E-state index is 13.6. The molecule has 10 heteroatoms. The summed E-state index contributed by atoms with van der Waals surface area (Å²) < 4.78 is 19.4. The maximum absolute atomic E-state index is 13.6. The Morgan fingerprint density at radius 3 is 2.64 bits per heavy atom. The molecule has 0 radical (unpaired) electrons. The van der Waals surface area contributed by atoms with E-state index in [1.54, 1.807) is 46.3 Å². The summed E-state index contributed by atoms with van der Waals surface area (Å²) in [6, 6.07) is 8.38. The first-order valence-electron chi connectivity index (χ1n) is 10.0. The Morgan fingerprint density at radius 2 is 2.00 bits per heavy atom. The van der Waals surface area contributed by atoms with Crippen molar-refractivity contribution in [3.8, 4) is 11.5 Å². The Bertz CT molecular complexity index is 1430. The van der Waals surface area contributed by atoms with Crippen LogP contribution in [0.4, 0.5) is 0 Å². The number of hydrogen-bond donors (Lipinski definition) is 0. The lowest BCUT2D eigenvalue weighted by molar-refractivity contribution is -0.139. The predicted octanol–water partition coefficient (Wildman–Crippen LogP) is 3.64. The Labute approximate surface area is 206 Å². The Kier molecular flexibility index (Phi) is 6.87. The van der Waals surface area contributed by atoms with Gasteiger partial charge in [0, 0.05) is 10.4 Å². The molecule has 0 N–H and O–H groups in total. The van der Waals surface area contributed by atoms with Gasteiger partial charge in [-0.25, -0.2) is 9.79 Å². The minimum atomic E-state index is -0.775. The quantitative estimate of drug-likeness (QED) is 0.439. The van der Waals surface area contributed by atoms with Crippen molar-refractivity contribution in [3.63, 3.8) is 0 Å². The summed E-state index contributed by atoms with van der Waals surface area (Å²) in [5.41, 5.74) is 1.16. The van der Waals surface area contributed by atoms with Gasteiger partial charge in [0.05, 0.1) is 40.4 Å². The van der Waals surface area contributed by atoms with E-state index in [4.69, 9.17) is 14.2 Å². The molecule has 0 fully saturated rings. The number of aromatic nitrogens is 1. The largest absolute Gasteiger partial charge is 0.497 e. The van der Waals surface area contributed by atoms with Gasteiger partial charge in [0.1, 0.15) is 17.5 Å². The normalized spacial score (nSPS) is 15.8. The van der Waals surface area contributed by atoms with Crippen LogP contribution in [0.5, 0.6) is 11.5 Å². The van der Waals surface area contributed by atoms with E-state index in [-0.39, 0.29) is 12.2 Å². The van der Waals surface area contributed by atoms with Crippen molar-refractivity contribution in [1.29, 1.82) is 0 Å². The van der Waals surface area contributed by atoms with E-state index in [1.165, 1.54) is 27.2 Å². The summed E-state index contributed by atoms with van der Waals surface area (Å²) in [6.45, 7) is 3.69.